The molecule has 1 amide bonds. The number of nitrogens with one attached hydrogen (secondary N) is 1. The van der Waals surface area contributed by atoms with Crippen molar-refractivity contribution >= 4 is 17.7 Å². The second kappa shape index (κ2) is 11.8. The molecule has 7 nitrogen and oxygen atoms in total. The normalized spacial score (nSPS) is 11.0. The zero-order chi connectivity index (χ0) is 27.9. The monoisotopic (exact) mass is 524 g/mol. The first-order valence-corrected chi connectivity index (χ1v) is 12.6. The summed E-state index contributed by atoms with van der Waals surface area (Å²) in [6, 6.07) is 39.2. The first kappa shape index (κ1) is 25.9. The first-order chi connectivity index (χ1) is 19.5. The average molecular weight is 525 g/mol. The van der Waals surface area contributed by atoms with E-state index in [9.17, 15) is 20.2 Å². The number of rotatable bonds is 8. The van der Waals surface area contributed by atoms with Crippen molar-refractivity contribution in [3.8, 4) is 34.3 Å². The Morgan fingerprint density at radius 1 is 0.850 bits per heavy atom. The van der Waals surface area contributed by atoms with Gasteiger partial charge in [-0.05, 0) is 41.0 Å². The number of amides is 1. The van der Waals surface area contributed by atoms with Gasteiger partial charge in [0, 0.05) is 29.9 Å². The van der Waals surface area contributed by atoms with E-state index in [0.717, 1.165) is 28.1 Å². The third-order valence-electron chi connectivity index (χ3n) is 6.43. The van der Waals surface area contributed by atoms with E-state index in [4.69, 9.17) is 0 Å². The van der Waals surface area contributed by atoms with E-state index in [2.05, 4.69) is 11.4 Å². The maximum absolute atomic E-state index is 13.1. The largest absolute Gasteiger partial charge is 0.347 e. The minimum atomic E-state index is -0.477. The highest BCUT2D eigenvalue weighted by atomic mass is 16.6. The summed E-state index contributed by atoms with van der Waals surface area (Å²) in [5.41, 5.74) is 5.56. The van der Waals surface area contributed by atoms with Crippen LogP contribution in [0.25, 0.3) is 34.3 Å². The van der Waals surface area contributed by atoms with Gasteiger partial charge in [-0.2, -0.15) is 5.26 Å². The number of hydrogen-bond acceptors (Lipinski definition) is 4. The van der Waals surface area contributed by atoms with Crippen LogP contribution in [0.1, 0.15) is 11.1 Å². The van der Waals surface area contributed by atoms with Crippen molar-refractivity contribution in [2.75, 3.05) is 0 Å². The van der Waals surface area contributed by atoms with Gasteiger partial charge in [-0.15, -0.1) is 0 Å². The van der Waals surface area contributed by atoms with Gasteiger partial charge in [-0.1, -0.05) is 91.0 Å². The number of benzene rings is 4. The smallest absolute Gasteiger partial charge is 0.269 e. The van der Waals surface area contributed by atoms with E-state index in [0.29, 0.717) is 17.8 Å². The van der Waals surface area contributed by atoms with Gasteiger partial charge in [-0.3, -0.25) is 14.9 Å². The lowest BCUT2D eigenvalue weighted by Gasteiger charge is -2.15. The number of nitro groups is 1. The molecule has 194 valence electrons. The predicted molar refractivity (Wildman–Crippen MR) is 155 cm³/mol. The maximum atomic E-state index is 13.1. The molecule has 40 heavy (non-hydrogen) atoms. The van der Waals surface area contributed by atoms with Crippen molar-refractivity contribution in [1.29, 1.82) is 5.26 Å². The average Bonchev–Trinajstić information content (AvgIpc) is 3.39. The van der Waals surface area contributed by atoms with Crippen molar-refractivity contribution < 1.29 is 9.72 Å². The number of carbonyl (C=O) groups is 1. The van der Waals surface area contributed by atoms with Crippen LogP contribution in [-0.2, 0) is 11.3 Å². The quantitative estimate of drug-likeness (QED) is 0.103. The Labute approximate surface area is 231 Å². The number of nitrogens with zero attached hydrogens (tertiary/aromatic N) is 3. The molecule has 0 aliphatic heterocycles. The number of carbonyl (C=O) groups excluding carboxylic acids is 1. The lowest BCUT2D eigenvalue weighted by atomic mass is 10.0. The molecule has 1 aromatic heterocycles. The summed E-state index contributed by atoms with van der Waals surface area (Å²) in [4.78, 5) is 23.9. The highest BCUT2D eigenvalue weighted by molar-refractivity contribution is 6.03. The summed E-state index contributed by atoms with van der Waals surface area (Å²) in [6.07, 6.45) is 1.59. The van der Waals surface area contributed by atoms with Gasteiger partial charge in [0.1, 0.15) is 11.6 Å². The highest BCUT2D eigenvalue weighted by Crippen LogP contribution is 2.37. The van der Waals surface area contributed by atoms with Crippen LogP contribution in [0.4, 0.5) is 5.69 Å². The van der Waals surface area contributed by atoms with Crippen molar-refractivity contribution in [3.05, 3.63) is 148 Å². The minimum absolute atomic E-state index is 0.0135. The fraction of sp³-hybridized carbons (Fsp3) is 0.0303. The van der Waals surface area contributed by atoms with Crippen LogP contribution in [-0.4, -0.2) is 15.4 Å². The molecule has 0 saturated carbocycles. The molecular formula is C33H24N4O3. The van der Waals surface area contributed by atoms with Crippen LogP contribution in [0, 0.1) is 21.4 Å². The van der Waals surface area contributed by atoms with Crippen LogP contribution in [0.3, 0.4) is 0 Å². The molecular weight excluding hydrogens is 500 g/mol. The second-order valence-electron chi connectivity index (χ2n) is 9.01. The van der Waals surface area contributed by atoms with Crippen molar-refractivity contribution in [3.63, 3.8) is 0 Å². The summed E-state index contributed by atoms with van der Waals surface area (Å²) in [5, 5.41) is 24.1. The Hall–Kier alpha value is -5.74. The third-order valence-corrected chi connectivity index (χ3v) is 6.43. The maximum Gasteiger partial charge on any atom is 0.269 e. The van der Waals surface area contributed by atoms with Gasteiger partial charge >= 0.3 is 0 Å². The predicted octanol–water partition coefficient (Wildman–Crippen LogP) is 6.94. The molecule has 5 aromatic rings. The number of nitriles is 1. The molecule has 0 atom stereocenters. The van der Waals surface area contributed by atoms with E-state index in [1.54, 1.807) is 18.2 Å². The van der Waals surface area contributed by atoms with E-state index in [1.165, 1.54) is 12.1 Å². The van der Waals surface area contributed by atoms with Crippen molar-refractivity contribution in [2.45, 2.75) is 6.54 Å². The molecule has 1 N–H and O–H groups in total. The number of non-ortho nitro benzene ring substituents is 1. The Morgan fingerprint density at radius 2 is 1.43 bits per heavy atom. The molecule has 0 bridgehead atoms. The number of nitro benzene ring substituents is 1. The molecule has 4 aromatic carbocycles. The minimum Gasteiger partial charge on any atom is -0.347 e. The van der Waals surface area contributed by atoms with Gasteiger partial charge in [-0.25, -0.2) is 0 Å². The summed E-state index contributed by atoms with van der Waals surface area (Å²) in [6.45, 7) is 0.295. The Balaban J connectivity index is 1.68. The molecule has 5 rings (SSSR count). The second-order valence-corrected chi connectivity index (χ2v) is 9.01. The SMILES string of the molecule is N#C/C(=C/c1cc(-c2ccccc2)n(-c2ccc([N+](=O)[O-])cc2)c1-c1ccccc1)C(=O)NCc1ccccc1. The third kappa shape index (κ3) is 5.57. The topological polar surface area (TPSA) is 101 Å². The van der Waals surface area contributed by atoms with Gasteiger partial charge in [0.2, 0.25) is 0 Å². The van der Waals surface area contributed by atoms with Gasteiger partial charge in [0.15, 0.2) is 0 Å². The van der Waals surface area contributed by atoms with Crippen LogP contribution in [0.5, 0.6) is 0 Å². The van der Waals surface area contributed by atoms with Crippen LogP contribution >= 0.6 is 0 Å². The van der Waals surface area contributed by atoms with E-state index < -0.39 is 10.8 Å². The molecule has 7 heteroatoms. The highest BCUT2D eigenvalue weighted by Gasteiger charge is 2.21. The molecule has 0 fully saturated rings. The van der Waals surface area contributed by atoms with Crippen molar-refractivity contribution in [1.82, 2.24) is 9.88 Å². The Bertz CT molecular complexity index is 1720. The zero-order valence-electron chi connectivity index (χ0n) is 21.4. The molecule has 0 spiro atoms. The van der Waals surface area contributed by atoms with Crippen LogP contribution in [0.2, 0.25) is 0 Å². The fourth-order valence-corrected chi connectivity index (χ4v) is 4.52. The number of hydrogen-bond donors (Lipinski definition) is 1. The molecule has 1 heterocycles. The van der Waals surface area contributed by atoms with E-state index >= 15 is 0 Å². The van der Waals surface area contributed by atoms with Gasteiger partial charge < -0.3 is 9.88 Å². The van der Waals surface area contributed by atoms with Crippen LogP contribution in [0.15, 0.2) is 127 Å². The summed E-state index contributed by atoms with van der Waals surface area (Å²) in [5.74, 6) is -0.477. The number of aromatic nitrogens is 1. The summed E-state index contributed by atoms with van der Waals surface area (Å²) in [7, 11) is 0. The van der Waals surface area contributed by atoms with Gasteiger partial charge in [0.05, 0.1) is 16.3 Å². The van der Waals surface area contributed by atoms with Gasteiger partial charge in [0.25, 0.3) is 11.6 Å². The Morgan fingerprint density at radius 3 is 2.00 bits per heavy atom. The summed E-state index contributed by atoms with van der Waals surface area (Å²) >= 11 is 0. The summed E-state index contributed by atoms with van der Waals surface area (Å²) < 4.78 is 2.00. The molecule has 0 saturated heterocycles. The van der Waals surface area contributed by atoms with Crippen molar-refractivity contribution in [2.24, 2.45) is 0 Å². The van der Waals surface area contributed by atoms with Crippen LogP contribution < -0.4 is 5.32 Å². The molecule has 0 unspecified atom stereocenters. The first-order valence-electron chi connectivity index (χ1n) is 12.6. The standard InChI is InChI=1S/C33H24N4O3/c34-22-28(33(38)35-23-24-10-4-1-5-11-24)20-27-21-31(25-12-6-2-7-13-25)36(32(27)26-14-8-3-9-15-26)29-16-18-30(19-17-29)37(39)40/h1-21H,23H2,(H,35,38)/b28-20-. The fourth-order valence-electron chi connectivity index (χ4n) is 4.52. The van der Waals surface area contributed by atoms with E-state index in [1.807, 2.05) is 102 Å². The molecule has 0 aliphatic carbocycles. The lowest BCUT2D eigenvalue weighted by molar-refractivity contribution is -0.384. The molecule has 0 radical (unpaired) electrons. The lowest BCUT2D eigenvalue weighted by Crippen LogP contribution is -2.23. The Kier molecular flexibility index (Phi) is 7.61. The van der Waals surface area contributed by atoms with E-state index in [-0.39, 0.29) is 11.3 Å². The molecule has 0 aliphatic rings. The zero-order valence-corrected chi connectivity index (χ0v) is 21.4.